The summed E-state index contributed by atoms with van der Waals surface area (Å²) in [5.74, 6) is 1.14. The van der Waals surface area contributed by atoms with Crippen LogP contribution in [0.15, 0.2) is 22.7 Å². The van der Waals surface area contributed by atoms with Crippen molar-refractivity contribution in [3.63, 3.8) is 0 Å². The molecule has 0 aliphatic heterocycles. The summed E-state index contributed by atoms with van der Waals surface area (Å²) in [5, 5.41) is 14.4. The summed E-state index contributed by atoms with van der Waals surface area (Å²) in [6, 6.07) is 3.51. The molecular formula is C14H17N5O2S2. The smallest absolute Gasteiger partial charge is 0.321 e. The zero-order chi connectivity index (χ0) is 16.1. The van der Waals surface area contributed by atoms with Gasteiger partial charge in [0.25, 0.3) is 0 Å². The first-order valence-corrected chi connectivity index (χ1v) is 9.22. The van der Waals surface area contributed by atoms with Crippen LogP contribution >= 0.6 is 23.1 Å². The first-order valence-electron chi connectivity index (χ1n) is 7.36. The number of rotatable bonds is 7. The third-order valence-electron chi connectivity index (χ3n) is 3.27. The second-order valence-electron chi connectivity index (χ2n) is 5.20. The molecule has 23 heavy (non-hydrogen) atoms. The Kier molecular flexibility index (Phi) is 5.29. The molecule has 0 unspecified atom stereocenters. The first-order chi connectivity index (χ1) is 11.2. The van der Waals surface area contributed by atoms with E-state index in [1.54, 1.807) is 11.3 Å². The van der Waals surface area contributed by atoms with Crippen LogP contribution in [0.3, 0.4) is 0 Å². The van der Waals surface area contributed by atoms with Crippen LogP contribution in [0.5, 0.6) is 0 Å². The number of urea groups is 1. The number of thioether (sulfide) groups is 1. The molecule has 3 rings (SSSR count). The zero-order valence-electron chi connectivity index (χ0n) is 12.4. The van der Waals surface area contributed by atoms with Crippen LogP contribution in [0.25, 0.3) is 0 Å². The Bertz CT molecular complexity index is 667. The number of carbonyl (C=O) groups excluding carboxylic acids is 2. The quantitative estimate of drug-likeness (QED) is 0.662. The lowest BCUT2D eigenvalue weighted by Crippen LogP contribution is -2.41. The van der Waals surface area contributed by atoms with Crippen LogP contribution in [-0.4, -0.2) is 39.4 Å². The van der Waals surface area contributed by atoms with E-state index in [1.165, 1.54) is 16.6 Å². The zero-order valence-corrected chi connectivity index (χ0v) is 14.0. The van der Waals surface area contributed by atoms with Crippen LogP contribution < -0.4 is 10.6 Å². The van der Waals surface area contributed by atoms with Crippen LogP contribution in [0.4, 0.5) is 4.79 Å². The van der Waals surface area contributed by atoms with Crippen LogP contribution in [0.2, 0.25) is 0 Å². The van der Waals surface area contributed by atoms with Crippen molar-refractivity contribution in [3.8, 4) is 0 Å². The van der Waals surface area contributed by atoms with Crippen LogP contribution in [0.1, 0.15) is 29.5 Å². The van der Waals surface area contributed by atoms with Gasteiger partial charge in [0.15, 0.2) is 0 Å². The Labute approximate surface area is 141 Å². The van der Waals surface area contributed by atoms with Gasteiger partial charge >= 0.3 is 6.03 Å². The largest absolute Gasteiger partial charge is 0.337 e. The van der Waals surface area contributed by atoms with E-state index in [2.05, 4.69) is 25.8 Å². The summed E-state index contributed by atoms with van der Waals surface area (Å²) in [6.07, 6.45) is 3.05. The first kappa shape index (κ1) is 16.0. The molecule has 1 saturated carbocycles. The van der Waals surface area contributed by atoms with Crippen molar-refractivity contribution in [1.29, 1.82) is 0 Å². The number of hydrogen-bond donors (Lipinski definition) is 3. The van der Waals surface area contributed by atoms with E-state index in [0.29, 0.717) is 17.6 Å². The van der Waals surface area contributed by atoms with Crippen molar-refractivity contribution < 1.29 is 9.59 Å². The van der Waals surface area contributed by atoms with E-state index < -0.39 is 6.03 Å². The third-order valence-corrected chi connectivity index (χ3v) is 5.05. The minimum absolute atomic E-state index is 0.111. The van der Waals surface area contributed by atoms with Gasteiger partial charge < -0.3 is 5.32 Å². The third kappa shape index (κ3) is 5.07. The van der Waals surface area contributed by atoms with Crippen molar-refractivity contribution in [3.05, 3.63) is 28.2 Å². The number of nitrogens with zero attached hydrogens (tertiary/aromatic N) is 2. The van der Waals surface area contributed by atoms with Crippen molar-refractivity contribution in [2.75, 3.05) is 12.3 Å². The number of carbonyl (C=O) groups is 2. The average molecular weight is 351 g/mol. The SMILES string of the molecule is O=C(CSc1n[nH]c(C2CC2)n1)NC(=O)NCCc1cccs1. The van der Waals surface area contributed by atoms with Crippen molar-refractivity contribution in [2.45, 2.75) is 30.3 Å². The molecule has 0 aromatic carbocycles. The number of amides is 3. The number of aromatic amines is 1. The molecule has 0 spiro atoms. The molecule has 3 N–H and O–H groups in total. The highest BCUT2D eigenvalue weighted by Gasteiger charge is 2.27. The van der Waals surface area contributed by atoms with Gasteiger partial charge in [0.1, 0.15) is 5.82 Å². The molecule has 0 atom stereocenters. The lowest BCUT2D eigenvalue weighted by molar-refractivity contribution is -0.117. The average Bonchev–Trinajstić information content (AvgIpc) is 3.05. The highest BCUT2D eigenvalue weighted by molar-refractivity contribution is 7.99. The van der Waals surface area contributed by atoms with Gasteiger partial charge in [-0.1, -0.05) is 17.8 Å². The Hall–Kier alpha value is -1.87. The topological polar surface area (TPSA) is 99.8 Å². The van der Waals surface area contributed by atoms with E-state index in [4.69, 9.17) is 0 Å². The highest BCUT2D eigenvalue weighted by Crippen LogP contribution is 2.38. The summed E-state index contributed by atoms with van der Waals surface area (Å²) in [4.78, 5) is 28.8. The number of hydrogen-bond acceptors (Lipinski definition) is 6. The summed E-state index contributed by atoms with van der Waals surface area (Å²) in [7, 11) is 0. The fraction of sp³-hybridized carbons (Fsp3) is 0.429. The lowest BCUT2D eigenvalue weighted by Gasteiger charge is -2.05. The molecular weight excluding hydrogens is 334 g/mol. The molecule has 0 radical (unpaired) electrons. The number of aromatic nitrogens is 3. The molecule has 1 aliphatic rings. The predicted molar refractivity (Wildman–Crippen MR) is 88.6 cm³/mol. The molecule has 1 fully saturated rings. The van der Waals surface area contributed by atoms with E-state index in [0.717, 1.165) is 25.1 Å². The molecule has 0 bridgehead atoms. The summed E-state index contributed by atoms with van der Waals surface area (Å²) in [6.45, 7) is 0.498. The second kappa shape index (κ2) is 7.60. The molecule has 2 aromatic heterocycles. The monoisotopic (exact) mass is 351 g/mol. The van der Waals surface area contributed by atoms with Gasteiger partial charge in [-0.05, 0) is 30.7 Å². The van der Waals surface area contributed by atoms with Gasteiger partial charge in [-0.2, -0.15) is 0 Å². The molecule has 9 heteroatoms. The van der Waals surface area contributed by atoms with Crippen LogP contribution in [-0.2, 0) is 11.2 Å². The molecule has 122 valence electrons. The van der Waals surface area contributed by atoms with Gasteiger partial charge in [0, 0.05) is 17.3 Å². The molecule has 7 nitrogen and oxygen atoms in total. The molecule has 1 aliphatic carbocycles. The van der Waals surface area contributed by atoms with Gasteiger partial charge in [-0.3, -0.25) is 15.2 Å². The Morgan fingerprint density at radius 1 is 1.43 bits per heavy atom. The van der Waals surface area contributed by atoms with Gasteiger partial charge in [-0.15, -0.1) is 16.4 Å². The molecule has 0 saturated heterocycles. The van der Waals surface area contributed by atoms with Crippen molar-refractivity contribution >= 4 is 35.0 Å². The number of imide groups is 1. The summed E-state index contributed by atoms with van der Waals surface area (Å²) >= 11 is 2.86. The second-order valence-corrected chi connectivity index (χ2v) is 7.17. The Morgan fingerprint density at radius 3 is 3.04 bits per heavy atom. The van der Waals surface area contributed by atoms with Crippen LogP contribution in [0, 0.1) is 0 Å². The van der Waals surface area contributed by atoms with E-state index in [-0.39, 0.29) is 11.7 Å². The van der Waals surface area contributed by atoms with Gasteiger partial charge in [0.2, 0.25) is 11.1 Å². The molecule has 2 heterocycles. The molecule has 3 amide bonds. The van der Waals surface area contributed by atoms with Crippen molar-refractivity contribution in [2.24, 2.45) is 0 Å². The fourth-order valence-electron chi connectivity index (χ4n) is 1.95. The number of nitrogens with one attached hydrogen (secondary N) is 3. The maximum atomic E-state index is 11.7. The lowest BCUT2D eigenvalue weighted by atomic mass is 10.3. The van der Waals surface area contributed by atoms with E-state index in [9.17, 15) is 9.59 Å². The Balaban J connectivity index is 1.32. The maximum absolute atomic E-state index is 11.7. The minimum atomic E-state index is -0.471. The van der Waals surface area contributed by atoms with E-state index in [1.807, 2.05) is 17.5 Å². The predicted octanol–water partition coefficient (Wildman–Crippen LogP) is 1.90. The fourth-order valence-corrected chi connectivity index (χ4v) is 3.27. The van der Waals surface area contributed by atoms with Gasteiger partial charge in [0.05, 0.1) is 5.75 Å². The summed E-state index contributed by atoms with van der Waals surface area (Å²) < 4.78 is 0. The minimum Gasteiger partial charge on any atom is -0.337 e. The highest BCUT2D eigenvalue weighted by atomic mass is 32.2. The Morgan fingerprint density at radius 2 is 2.30 bits per heavy atom. The summed E-state index contributed by atoms with van der Waals surface area (Å²) in [5.41, 5.74) is 0. The maximum Gasteiger partial charge on any atom is 0.321 e. The van der Waals surface area contributed by atoms with E-state index >= 15 is 0 Å². The van der Waals surface area contributed by atoms with Crippen molar-refractivity contribution in [1.82, 2.24) is 25.8 Å². The molecule has 2 aromatic rings. The van der Waals surface area contributed by atoms with Gasteiger partial charge in [-0.25, -0.2) is 9.78 Å². The number of thiophene rings is 1. The normalized spacial score (nSPS) is 13.7. The number of H-pyrrole nitrogens is 1. The standard InChI is InChI=1S/C14H17N5O2S2/c20-11(8-23-14-17-12(18-19-14)9-3-4-9)16-13(21)15-6-5-10-2-1-7-22-10/h1-2,7,9H,3-6,8H2,(H,17,18,19)(H2,15,16,20,21).